The average molecular weight is 307 g/mol. The molecular weight excluding hydrogens is 292 g/mol. The van der Waals surface area contributed by atoms with Crippen LogP contribution in [0.25, 0.3) is 5.82 Å². The van der Waals surface area contributed by atoms with Gasteiger partial charge in [-0.2, -0.15) is 5.10 Å². The molecule has 1 saturated carbocycles. The Bertz CT molecular complexity index is 541. The minimum atomic E-state index is 0.529. The van der Waals surface area contributed by atoms with Crippen LogP contribution in [-0.4, -0.2) is 14.8 Å². The van der Waals surface area contributed by atoms with Crippen LogP contribution < -0.4 is 5.73 Å². The van der Waals surface area contributed by atoms with Crippen LogP contribution >= 0.6 is 15.9 Å². The first kappa shape index (κ1) is 11.7. The van der Waals surface area contributed by atoms with Crippen molar-refractivity contribution in [1.82, 2.24) is 14.8 Å². The zero-order valence-corrected chi connectivity index (χ0v) is 11.6. The predicted octanol–water partition coefficient (Wildman–Crippen LogP) is 3.27. The average Bonchev–Trinajstić information content (AvgIpc) is 2.99. The summed E-state index contributed by atoms with van der Waals surface area (Å²) in [5.41, 5.74) is 7.89. The third-order valence-electron chi connectivity index (χ3n) is 3.46. The van der Waals surface area contributed by atoms with Crippen LogP contribution in [0.2, 0.25) is 0 Å². The predicted molar refractivity (Wildman–Crippen MR) is 74.7 cm³/mol. The van der Waals surface area contributed by atoms with Crippen LogP contribution in [-0.2, 0) is 0 Å². The van der Waals surface area contributed by atoms with Crippen molar-refractivity contribution < 1.29 is 0 Å². The van der Waals surface area contributed by atoms with Gasteiger partial charge in [-0.1, -0.05) is 12.8 Å². The topological polar surface area (TPSA) is 56.7 Å². The van der Waals surface area contributed by atoms with Gasteiger partial charge in [0, 0.05) is 16.6 Å². The maximum atomic E-state index is 6.07. The fourth-order valence-electron chi connectivity index (χ4n) is 2.54. The lowest BCUT2D eigenvalue weighted by Crippen LogP contribution is -2.01. The number of nitrogens with zero attached hydrogens (tertiary/aromatic N) is 3. The van der Waals surface area contributed by atoms with E-state index in [0.717, 1.165) is 21.7 Å². The van der Waals surface area contributed by atoms with Crippen LogP contribution in [0.4, 0.5) is 5.69 Å². The highest BCUT2D eigenvalue weighted by molar-refractivity contribution is 9.10. The third-order valence-corrected chi connectivity index (χ3v) is 3.93. The zero-order chi connectivity index (χ0) is 12.5. The van der Waals surface area contributed by atoms with Crippen LogP contribution in [0.15, 0.2) is 29.0 Å². The minimum Gasteiger partial charge on any atom is -0.396 e. The largest absolute Gasteiger partial charge is 0.396 e. The van der Waals surface area contributed by atoms with E-state index in [2.05, 4.69) is 26.0 Å². The molecule has 2 N–H and O–H groups in total. The van der Waals surface area contributed by atoms with Crippen molar-refractivity contribution in [2.75, 3.05) is 5.73 Å². The smallest absolute Gasteiger partial charge is 0.153 e. The Hall–Kier alpha value is -1.36. The molecule has 18 heavy (non-hydrogen) atoms. The second-order valence-corrected chi connectivity index (χ2v) is 5.65. The van der Waals surface area contributed by atoms with Crippen molar-refractivity contribution in [2.24, 2.45) is 0 Å². The van der Waals surface area contributed by atoms with E-state index in [0.29, 0.717) is 5.92 Å². The van der Waals surface area contributed by atoms with Crippen LogP contribution in [0.1, 0.15) is 37.3 Å². The van der Waals surface area contributed by atoms with Crippen LogP contribution in [0, 0.1) is 0 Å². The van der Waals surface area contributed by atoms with Gasteiger partial charge < -0.3 is 5.73 Å². The fourth-order valence-corrected chi connectivity index (χ4v) is 2.77. The van der Waals surface area contributed by atoms with Gasteiger partial charge in [-0.05, 0) is 40.9 Å². The number of hydrogen-bond acceptors (Lipinski definition) is 3. The molecule has 0 aromatic carbocycles. The lowest BCUT2D eigenvalue weighted by Gasteiger charge is -2.05. The van der Waals surface area contributed by atoms with Gasteiger partial charge >= 0.3 is 0 Å². The summed E-state index contributed by atoms with van der Waals surface area (Å²) >= 11 is 3.37. The number of nitrogens with two attached hydrogens (primary N) is 1. The molecule has 0 spiro atoms. The van der Waals surface area contributed by atoms with E-state index >= 15 is 0 Å². The Labute approximate surface area is 114 Å². The van der Waals surface area contributed by atoms with Gasteiger partial charge in [0.15, 0.2) is 5.82 Å². The first-order valence-corrected chi connectivity index (χ1v) is 7.00. The lowest BCUT2D eigenvalue weighted by atomic mass is 10.0. The quantitative estimate of drug-likeness (QED) is 0.926. The molecular formula is C13H15BrN4. The molecule has 0 unspecified atom stereocenters. The summed E-state index contributed by atoms with van der Waals surface area (Å²) in [4.78, 5) is 4.33. The van der Waals surface area contributed by atoms with E-state index in [-0.39, 0.29) is 0 Å². The molecule has 0 aliphatic heterocycles. The van der Waals surface area contributed by atoms with Crippen molar-refractivity contribution in [1.29, 1.82) is 0 Å². The van der Waals surface area contributed by atoms with Crippen molar-refractivity contribution in [2.45, 2.75) is 31.6 Å². The Morgan fingerprint density at radius 2 is 2.06 bits per heavy atom. The highest BCUT2D eigenvalue weighted by atomic mass is 79.9. The van der Waals surface area contributed by atoms with Crippen molar-refractivity contribution >= 4 is 21.6 Å². The molecule has 0 bridgehead atoms. The Balaban J connectivity index is 1.94. The molecule has 2 aromatic heterocycles. The van der Waals surface area contributed by atoms with E-state index < -0.39 is 0 Å². The number of hydrogen-bond donors (Lipinski definition) is 1. The molecule has 2 aromatic rings. The minimum absolute atomic E-state index is 0.529. The SMILES string of the molecule is Nc1cn(-c2ccc(Br)cn2)nc1C1CCCC1. The molecule has 1 aliphatic carbocycles. The Morgan fingerprint density at radius 1 is 1.28 bits per heavy atom. The van der Waals surface area contributed by atoms with E-state index in [4.69, 9.17) is 5.73 Å². The monoisotopic (exact) mass is 306 g/mol. The Morgan fingerprint density at radius 3 is 2.72 bits per heavy atom. The molecule has 0 radical (unpaired) electrons. The Kier molecular flexibility index (Phi) is 3.07. The molecule has 1 fully saturated rings. The fraction of sp³-hybridized carbons (Fsp3) is 0.385. The molecule has 4 nitrogen and oxygen atoms in total. The van der Waals surface area contributed by atoms with Crippen molar-refractivity contribution in [3.05, 3.63) is 34.7 Å². The van der Waals surface area contributed by atoms with Gasteiger partial charge in [0.2, 0.25) is 0 Å². The maximum Gasteiger partial charge on any atom is 0.153 e. The molecule has 2 heterocycles. The summed E-state index contributed by atoms with van der Waals surface area (Å²) in [6.45, 7) is 0. The zero-order valence-electron chi connectivity index (χ0n) is 10.0. The molecule has 0 atom stereocenters. The van der Waals surface area contributed by atoms with Gasteiger partial charge in [-0.25, -0.2) is 9.67 Å². The van der Waals surface area contributed by atoms with Gasteiger partial charge in [0.25, 0.3) is 0 Å². The van der Waals surface area contributed by atoms with Crippen molar-refractivity contribution in [3.8, 4) is 5.82 Å². The number of halogens is 1. The highest BCUT2D eigenvalue weighted by Gasteiger charge is 2.22. The second-order valence-electron chi connectivity index (χ2n) is 4.73. The summed E-state index contributed by atoms with van der Waals surface area (Å²) in [5.74, 6) is 1.33. The lowest BCUT2D eigenvalue weighted by molar-refractivity contribution is 0.677. The summed E-state index contributed by atoms with van der Waals surface area (Å²) in [6.07, 6.45) is 8.61. The summed E-state index contributed by atoms with van der Waals surface area (Å²) in [7, 11) is 0. The van der Waals surface area contributed by atoms with Crippen LogP contribution in [0.3, 0.4) is 0 Å². The van der Waals surface area contributed by atoms with E-state index in [1.54, 1.807) is 10.9 Å². The van der Waals surface area contributed by atoms with E-state index in [1.165, 1.54) is 25.7 Å². The maximum absolute atomic E-state index is 6.07. The molecule has 5 heteroatoms. The number of rotatable bonds is 2. The molecule has 1 aliphatic rings. The second kappa shape index (κ2) is 4.72. The summed E-state index contributed by atoms with van der Waals surface area (Å²) in [5, 5.41) is 4.61. The summed E-state index contributed by atoms with van der Waals surface area (Å²) < 4.78 is 2.73. The number of aromatic nitrogens is 3. The molecule has 3 rings (SSSR count). The molecule has 94 valence electrons. The first-order valence-electron chi connectivity index (χ1n) is 6.21. The van der Waals surface area contributed by atoms with Gasteiger partial charge in [0.05, 0.1) is 17.6 Å². The van der Waals surface area contributed by atoms with E-state index in [1.807, 2.05) is 18.3 Å². The number of nitrogen functional groups attached to an aromatic ring is 1. The normalized spacial score (nSPS) is 16.3. The van der Waals surface area contributed by atoms with Gasteiger partial charge in [0.1, 0.15) is 0 Å². The number of anilines is 1. The molecule has 0 saturated heterocycles. The van der Waals surface area contributed by atoms with Crippen LogP contribution in [0.5, 0.6) is 0 Å². The number of pyridine rings is 1. The van der Waals surface area contributed by atoms with Gasteiger partial charge in [-0.15, -0.1) is 0 Å². The highest BCUT2D eigenvalue weighted by Crippen LogP contribution is 2.36. The van der Waals surface area contributed by atoms with Gasteiger partial charge in [-0.3, -0.25) is 0 Å². The standard InChI is InChI=1S/C13H15BrN4/c14-10-5-6-12(16-7-10)18-8-11(15)13(17-18)9-3-1-2-4-9/h5-9H,1-4,15H2. The third kappa shape index (κ3) is 2.14. The molecule has 0 amide bonds. The van der Waals surface area contributed by atoms with Crippen molar-refractivity contribution in [3.63, 3.8) is 0 Å². The first-order chi connectivity index (χ1) is 8.74. The summed E-state index contributed by atoms with van der Waals surface area (Å²) in [6, 6.07) is 3.88. The van der Waals surface area contributed by atoms with E-state index in [9.17, 15) is 0 Å².